The van der Waals surface area contributed by atoms with Crippen LogP contribution in [0, 0.1) is 0 Å². The molecule has 1 aliphatic heterocycles. The molecule has 10 nitrogen and oxygen atoms in total. The monoisotopic (exact) mass is 654 g/mol. The van der Waals surface area contributed by atoms with Crippen molar-refractivity contribution in [1.29, 1.82) is 0 Å². The van der Waals surface area contributed by atoms with Crippen LogP contribution in [0.5, 0.6) is 0 Å². The summed E-state index contributed by atoms with van der Waals surface area (Å²) in [5, 5.41) is 10.9. The first-order chi connectivity index (χ1) is 21.9. The highest BCUT2D eigenvalue weighted by molar-refractivity contribution is 5.69. The molecule has 1 amide bonds. The minimum absolute atomic E-state index is 0.107. The van der Waals surface area contributed by atoms with E-state index in [-0.39, 0.29) is 48.4 Å². The summed E-state index contributed by atoms with van der Waals surface area (Å²) in [5.74, 6) is 0.107. The minimum Gasteiger partial charge on any atom is -0.446 e. The number of nitrogens with zero attached hydrogens (tertiary/aromatic N) is 8. The van der Waals surface area contributed by atoms with Crippen LogP contribution >= 0.6 is 0 Å². The molecular formula is C30H36F6N8O2. The number of hydrogen-bond acceptors (Lipinski definition) is 8. The summed E-state index contributed by atoms with van der Waals surface area (Å²) in [5.41, 5.74) is -2.59. The van der Waals surface area contributed by atoms with Crippen molar-refractivity contribution in [1.82, 2.24) is 35.1 Å². The molecule has 1 unspecified atom stereocenters. The predicted molar refractivity (Wildman–Crippen MR) is 154 cm³/mol. The number of piperidine rings is 1. The van der Waals surface area contributed by atoms with Gasteiger partial charge in [-0.25, -0.2) is 14.8 Å². The van der Waals surface area contributed by atoms with Gasteiger partial charge in [-0.05, 0) is 85.6 Å². The van der Waals surface area contributed by atoms with Gasteiger partial charge >= 0.3 is 18.4 Å². The highest BCUT2D eigenvalue weighted by Crippen LogP contribution is 2.38. The standard InChI is InChI=1S/C30H36F6N8O2/c1-3-22-13-24(14-23(4-2)44(22)28(45)46-26-8-6-5-7-9-26)42(27-37-15-25(16-38-27)43-18-39-40-41-43)17-19-10-20(29(31,32)33)12-21(11-19)30(34,35)36/h10-12,15-16,18,22-24,26H,3-9,13-14,17H2,1-2H3/t22-,23+,24?. The lowest BCUT2D eigenvalue weighted by Crippen LogP contribution is -2.57. The molecule has 1 saturated heterocycles. The molecular weight excluding hydrogens is 618 g/mol. The number of aromatic nitrogens is 6. The number of ether oxygens (including phenoxy) is 1. The van der Waals surface area contributed by atoms with E-state index in [1.165, 1.54) is 23.4 Å². The fourth-order valence-corrected chi connectivity index (χ4v) is 6.45. The third kappa shape index (κ3) is 7.69. The molecule has 0 radical (unpaired) electrons. The first kappa shape index (κ1) is 33.4. The first-order valence-electron chi connectivity index (χ1n) is 15.5. The summed E-state index contributed by atoms with van der Waals surface area (Å²) in [6, 6.07) is 0.579. The molecule has 1 aliphatic carbocycles. The van der Waals surface area contributed by atoms with Gasteiger partial charge in [0.15, 0.2) is 0 Å². The number of likely N-dealkylation sites (tertiary alicyclic amines) is 1. The van der Waals surface area contributed by atoms with Crippen LogP contribution in [0.15, 0.2) is 36.9 Å². The van der Waals surface area contributed by atoms with E-state index in [0.29, 0.717) is 31.4 Å². The van der Waals surface area contributed by atoms with Crippen LogP contribution in [0.4, 0.5) is 37.1 Å². The molecule has 5 rings (SSSR count). The van der Waals surface area contributed by atoms with Gasteiger partial charge in [0.05, 0.1) is 23.5 Å². The van der Waals surface area contributed by atoms with Crippen molar-refractivity contribution in [3.63, 3.8) is 0 Å². The third-order valence-electron chi connectivity index (χ3n) is 8.78. The Morgan fingerprint density at radius 2 is 1.50 bits per heavy atom. The molecule has 2 aromatic heterocycles. The van der Waals surface area contributed by atoms with E-state index in [1.807, 2.05) is 13.8 Å². The fourth-order valence-electron chi connectivity index (χ4n) is 6.45. The summed E-state index contributed by atoms with van der Waals surface area (Å²) in [7, 11) is 0. The SMILES string of the molecule is CC[C@@H]1CC(N(Cc2cc(C(F)(F)F)cc(C(F)(F)F)c2)c2ncc(-n3cnnn3)cn2)C[C@H](CC)N1C(=O)OC1CCCCC1. The smallest absolute Gasteiger partial charge is 0.416 e. The molecule has 250 valence electrons. The van der Waals surface area contributed by atoms with E-state index in [1.54, 1.807) is 9.80 Å². The van der Waals surface area contributed by atoms with Gasteiger partial charge in [-0.2, -0.15) is 31.0 Å². The molecule has 0 spiro atoms. The van der Waals surface area contributed by atoms with Gasteiger partial charge < -0.3 is 14.5 Å². The van der Waals surface area contributed by atoms with Crippen LogP contribution in [0.2, 0.25) is 0 Å². The van der Waals surface area contributed by atoms with Crippen molar-refractivity contribution in [3.05, 3.63) is 53.6 Å². The zero-order valence-corrected chi connectivity index (χ0v) is 25.5. The molecule has 1 aromatic carbocycles. The van der Waals surface area contributed by atoms with Crippen LogP contribution < -0.4 is 4.90 Å². The first-order valence-corrected chi connectivity index (χ1v) is 15.5. The second-order valence-electron chi connectivity index (χ2n) is 11.8. The predicted octanol–water partition coefficient (Wildman–Crippen LogP) is 6.99. The van der Waals surface area contributed by atoms with Crippen LogP contribution in [0.25, 0.3) is 5.69 Å². The summed E-state index contributed by atoms with van der Waals surface area (Å²) in [4.78, 5) is 25.8. The number of carbonyl (C=O) groups is 1. The average Bonchev–Trinajstić information content (AvgIpc) is 3.58. The second-order valence-corrected chi connectivity index (χ2v) is 11.8. The van der Waals surface area contributed by atoms with Crippen molar-refractivity contribution in [2.24, 2.45) is 0 Å². The summed E-state index contributed by atoms with van der Waals surface area (Å²) in [6.07, 6.45) is 0.330. The largest absolute Gasteiger partial charge is 0.446 e. The average molecular weight is 655 g/mol. The van der Waals surface area contributed by atoms with Gasteiger partial charge in [0.25, 0.3) is 0 Å². The maximum Gasteiger partial charge on any atom is 0.416 e. The van der Waals surface area contributed by atoms with Gasteiger partial charge in [-0.15, -0.1) is 5.10 Å². The maximum absolute atomic E-state index is 13.7. The maximum atomic E-state index is 13.7. The highest BCUT2D eigenvalue weighted by atomic mass is 19.4. The van der Waals surface area contributed by atoms with Crippen LogP contribution in [0.3, 0.4) is 0 Å². The van der Waals surface area contributed by atoms with Gasteiger partial charge in [0.2, 0.25) is 5.95 Å². The van der Waals surface area contributed by atoms with E-state index in [2.05, 4.69) is 25.5 Å². The summed E-state index contributed by atoms with van der Waals surface area (Å²) < 4.78 is 89.7. The van der Waals surface area contributed by atoms with E-state index >= 15 is 0 Å². The topological polar surface area (TPSA) is 102 Å². The Morgan fingerprint density at radius 3 is 2.00 bits per heavy atom. The Hall–Kier alpha value is -3.98. The second kappa shape index (κ2) is 13.8. The van der Waals surface area contributed by atoms with E-state index in [9.17, 15) is 31.1 Å². The fraction of sp³-hybridized carbons (Fsp3) is 0.600. The number of anilines is 1. The Morgan fingerprint density at radius 1 is 0.913 bits per heavy atom. The van der Waals surface area contributed by atoms with Gasteiger partial charge in [0, 0.05) is 24.7 Å². The lowest BCUT2D eigenvalue weighted by molar-refractivity contribution is -0.143. The summed E-state index contributed by atoms with van der Waals surface area (Å²) in [6.45, 7) is 3.54. The van der Waals surface area contributed by atoms with Crippen LogP contribution in [-0.2, 0) is 23.6 Å². The molecule has 2 aliphatic rings. The zero-order chi connectivity index (χ0) is 33.1. The molecule has 16 heteroatoms. The number of rotatable bonds is 8. The van der Waals surface area contributed by atoms with Crippen molar-refractivity contribution in [2.75, 3.05) is 4.90 Å². The van der Waals surface area contributed by atoms with E-state index < -0.39 is 29.5 Å². The van der Waals surface area contributed by atoms with E-state index in [4.69, 9.17) is 4.74 Å². The normalized spacial score (nSPS) is 21.3. The molecule has 3 heterocycles. The van der Waals surface area contributed by atoms with Gasteiger partial charge in [-0.3, -0.25) is 0 Å². The number of tetrazole rings is 1. The minimum atomic E-state index is -4.99. The number of alkyl halides is 6. The molecule has 0 N–H and O–H groups in total. The molecule has 1 saturated carbocycles. The van der Waals surface area contributed by atoms with Gasteiger partial charge in [-0.1, -0.05) is 20.3 Å². The summed E-state index contributed by atoms with van der Waals surface area (Å²) >= 11 is 0. The quantitative estimate of drug-likeness (QED) is 0.240. The molecule has 2 fully saturated rings. The van der Waals surface area contributed by atoms with Crippen molar-refractivity contribution in [3.8, 4) is 5.69 Å². The van der Waals surface area contributed by atoms with Crippen molar-refractivity contribution in [2.45, 2.75) is 115 Å². The number of halogens is 6. The molecule has 46 heavy (non-hydrogen) atoms. The number of carbonyl (C=O) groups excluding carboxylic acids is 1. The van der Waals surface area contributed by atoms with Gasteiger partial charge in [0.1, 0.15) is 18.1 Å². The lowest BCUT2D eigenvalue weighted by atomic mass is 9.87. The van der Waals surface area contributed by atoms with Crippen molar-refractivity contribution < 1.29 is 35.9 Å². The van der Waals surface area contributed by atoms with Crippen LogP contribution in [0.1, 0.15) is 88.3 Å². The number of hydrogen-bond donors (Lipinski definition) is 0. The zero-order valence-electron chi connectivity index (χ0n) is 25.5. The lowest BCUT2D eigenvalue weighted by Gasteiger charge is -2.47. The Kier molecular flexibility index (Phi) is 10.0. The molecule has 3 atom stereocenters. The molecule has 3 aromatic rings. The third-order valence-corrected chi connectivity index (χ3v) is 8.78. The number of amides is 1. The number of benzene rings is 1. The Bertz CT molecular complexity index is 1400. The Labute approximate surface area is 262 Å². The molecule has 0 bridgehead atoms. The van der Waals surface area contributed by atoms with E-state index in [0.717, 1.165) is 44.2 Å². The van der Waals surface area contributed by atoms with Crippen molar-refractivity contribution >= 4 is 12.0 Å². The van der Waals surface area contributed by atoms with Crippen LogP contribution in [-0.4, -0.2) is 65.4 Å². The highest BCUT2D eigenvalue weighted by Gasteiger charge is 2.42. The Balaban J connectivity index is 1.49.